The van der Waals surface area contributed by atoms with Gasteiger partial charge in [-0.2, -0.15) is 4.98 Å². The van der Waals surface area contributed by atoms with E-state index < -0.39 is 25.1 Å². The zero-order valence-electron chi connectivity index (χ0n) is 16.3. The number of aromatic nitrogens is 4. The van der Waals surface area contributed by atoms with E-state index in [9.17, 15) is 16.8 Å². The summed E-state index contributed by atoms with van der Waals surface area (Å²) in [6.07, 6.45) is 1.80. The van der Waals surface area contributed by atoms with E-state index in [0.717, 1.165) is 0 Å². The van der Waals surface area contributed by atoms with E-state index >= 15 is 0 Å². The number of para-hydroxylation sites is 1. The van der Waals surface area contributed by atoms with Gasteiger partial charge in [-0.15, -0.1) is 5.10 Å². The average molecular weight is 439 g/mol. The molecular weight excluding hydrogens is 416 g/mol. The summed E-state index contributed by atoms with van der Waals surface area (Å²) in [5.74, 6) is 0.252. The predicted octanol–water partition coefficient (Wildman–Crippen LogP) is 2.16. The quantitative estimate of drug-likeness (QED) is 0.491. The molecule has 9 nitrogen and oxygen atoms in total. The Balaban J connectivity index is 2.10. The van der Waals surface area contributed by atoms with Crippen LogP contribution >= 0.6 is 0 Å². The van der Waals surface area contributed by atoms with Crippen LogP contribution < -0.4 is 4.74 Å². The molecule has 29 heavy (non-hydrogen) atoms. The molecule has 0 fully saturated rings. The third-order valence-electron chi connectivity index (χ3n) is 4.33. The van der Waals surface area contributed by atoms with Gasteiger partial charge in [0.05, 0.1) is 22.4 Å². The number of hydrogen-bond donors (Lipinski definition) is 0. The smallest absolute Gasteiger partial charge is 0.249 e. The van der Waals surface area contributed by atoms with E-state index in [1.165, 1.54) is 23.9 Å². The molecule has 0 aliphatic heterocycles. The Kier molecular flexibility index (Phi) is 5.90. The van der Waals surface area contributed by atoms with Crippen molar-refractivity contribution >= 4 is 30.6 Å². The van der Waals surface area contributed by atoms with Gasteiger partial charge in [-0.25, -0.2) is 26.5 Å². The van der Waals surface area contributed by atoms with Gasteiger partial charge in [-0.3, -0.25) is 0 Å². The molecule has 0 N–H and O–H groups in total. The van der Waals surface area contributed by atoms with Crippen LogP contribution in [0.2, 0.25) is 0 Å². The van der Waals surface area contributed by atoms with Crippen molar-refractivity contribution in [3.63, 3.8) is 0 Å². The van der Waals surface area contributed by atoms with Crippen molar-refractivity contribution in [2.45, 2.75) is 37.8 Å². The molecule has 1 aromatic carbocycles. The minimum atomic E-state index is -3.60. The molecule has 0 saturated heterocycles. The standard InChI is InChI=1S/C18H22N4O5S2/c1-4-12-29(25,26)18-19-11-10-16(20-18)22-15-9-7-6-8-14(15)17(21-22)27-13(3)28(23,24)5-2/h6-11,13H,4-5,12H2,1-3H3. The molecular formula is C18H22N4O5S2. The van der Waals surface area contributed by atoms with Gasteiger partial charge in [-0.1, -0.05) is 26.0 Å². The van der Waals surface area contributed by atoms with Gasteiger partial charge in [0, 0.05) is 12.3 Å². The Morgan fingerprint density at radius 2 is 1.83 bits per heavy atom. The van der Waals surface area contributed by atoms with Gasteiger partial charge in [-0.05, 0) is 25.5 Å². The van der Waals surface area contributed by atoms with Crippen molar-refractivity contribution in [3.05, 3.63) is 36.5 Å². The first kappa shape index (κ1) is 21.2. The van der Waals surface area contributed by atoms with Gasteiger partial charge in [0.15, 0.2) is 21.1 Å². The minimum Gasteiger partial charge on any atom is -0.457 e. The molecule has 156 valence electrons. The Labute approximate surface area is 169 Å². The Morgan fingerprint density at radius 1 is 1.10 bits per heavy atom. The second-order valence-corrected chi connectivity index (χ2v) is 11.0. The highest BCUT2D eigenvalue weighted by atomic mass is 32.2. The zero-order chi connectivity index (χ0) is 21.2. The van der Waals surface area contributed by atoms with Gasteiger partial charge < -0.3 is 4.74 Å². The van der Waals surface area contributed by atoms with E-state index in [-0.39, 0.29) is 28.4 Å². The summed E-state index contributed by atoms with van der Waals surface area (Å²) in [6.45, 7) is 4.76. The topological polar surface area (TPSA) is 121 Å². The number of rotatable bonds is 8. The fourth-order valence-electron chi connectivity index (χ4n) is 2.72. The van der Waals surface area contributed by atoms with Crippen LogP contribution in [0.25, 0.3) is 16.7 Å². The number of nitrogens with zero attached hydrogens (tertiary/aromatic N) is 4. The van der Waals surface area contributed by atoms with Crippen LogP contribution in [0.3, 0.4) is 0 Å². The summed E-state index contributed by atoms with van der Waals surface area (Å²) >= 11 is 0. The van der Waals surface area contributed by atoms with Crippen LogP contribution in [0.15, 0.2) is 41.7 Å². The van der Waals surface area contributed by atoms with E-state index in [2.05, 4.69) is 15.1 Å². The molecule has 3 rings (SSSR count). The molecule has 0 aliphatic carbocycles. The number of ether oxygens (including phenoxy) is 1. The molecule has 0 radical (unpaired) electrons. The van der Waals surface area contributed by atoms with Crippen molar-refractivity contribution in [2.24, 2.45) is 0 Å². The van der Waals surface area contributed by atoms with Crippen LogP contribution in [0.5, 0.6) is 5.88 Å². The summed E-state index contributed by atoms with van der Waals surface area (Å²) in [7, 11) is -7.03. The summed E-state index contributed by atoms with van der Waals surface area (Å²) in [6, 6.07) is 8.59. The molecule has 0 saturated carbocycles. The second-order valence-electron chi connectivity index (χ2n) is 6.39. The summed E-state index contributed by atoms with van der Waals surface area (Å²) in [4.78, 5) is 8.05. The van der Waals surface area contributed by atoms with E-state index in [4.69, 9.17) is 4.74 Å². The third-order valence-corrected chi connectivity index (χ3v) is 7.94. The van der Waals surface area contributed by atoms with Crippen LogP contribution in [0, 0.1) is 0 Å². The molecule has 2 aromatic heterocycles. The minimum absolute atomic E-state index is 0.0582. The highest BCUT2D eigenvalue weighted by Gasteiger charge is 2.24. The maximum atomic E-state index is 12.3. The van der Waals surface area contributed by atoms with Gasteiger partial charge in [0.2, 0.25) is 20.9 Å². The number of hydrogen-bond acceptors (Lipinski definition) is 8. The Bertz CT molecular complexity index is 1240. The molecule has 2 heterocycles. The monoisotopic (exact) mass is 438 g/mol. The molecule has 0 bridgehead atoms. The number of benzene rings is 1. The Morgan fingerprint density at radius 3 is 2.52 bits per heavy atom. The van der Waals surface area contributed by atoms with Crippen molar-refractivity contribution in [1.29, 1.82) is 0 Å². The second kappa shape index (κ2) is 8.07. The molecule has 11 heteroatoms. The maximum Gasteiger partial charge on any atom is 0.249 e. The molecule has 1 atom stereocenters. The van der Waals surface area contributed by atoms with Crippen molar-refractivity contribution in [3.8, 4) is 11.7 Å². The Hall–Kier alpha value is -2.53. The summed E-state index contributed by atoms with van der Waals surface area (Å²) in [5.41, 5.74) is -0.480. The first-order valence-corrected chi connectivity index (χ1v) is 12.5. The zero-order valence-corrected chi connectivity index (χ0v) is 17.9. The maximum absolute atomic E-state index is 12.3. The van der Waals surface area contributed by atoms with Crippen LogP contribution in [0.4, 0.5) is 0 Å². The summed E-state index contributed by atoms with van der Waals surface area (Å²) < 4.78 is 55.9. The van der Waals surface area contributed by atoms with E-state index in [1.807, 2.05) is 0 Å². The van der Waals surface area contributed by atoms with Gasteiger partial charge >= 0.3 is 0 Å². The third kappa shape index (κ3) is 4.25. The first-order chi connectivity index (χ1) is 13.7. The molecule has 3 aromatic rings. The molecule has 0 aliphatic rings. The lowest BCUT2D eigenvalue weighted by Crippen LogP contribution is -2.25. The molecule has 1 unspecified atom stereocenters. The first-order valence-electron chi connectivity index (χ1n) is 9.11. The van der Waals surface area contributed by atoms with E-state index in [1.54, 1.807) is 38.1 Å². The number of sulfone groups is 2. The highest BCUT2D eigenvalue weighted by Crippen LogP contribution is 2.28. The SMILES string of the molecule is CCCS(=O)(=O)c1nccc(-n2nc(OC(C)S(=O)(=O)CC)c3ccccc32)n1. The largest absolute Gasteiger partial charge is 0.457 e. The van der Waals surface area contributed by atoms with Crippen molar-refractivity contribution in [1.82, 2.24) is 19.7 Å². The van der Waals surface area contributed by atoms with E-state index in [0.29, 0.717) is 17.3 Å². The van der Waals surface area contributed by atoms with Crippen LogP contribution in [-0.4, -0.2) is 53.5 Å². The highest BCUT2D eigenvalue weighted by molar-refractivity contribution is 7.91. The lowest BCUT2D eigenvalue weighted by Gasteiger charge is -2.12. The fourth-order valence-corrected chi connectivity index (χ4v) is 4.61. The fraction of sp³-hybridized carbons (Fsp3) is 0.389. The van der Waals surface area contributed by atoms with Crippen molar-refractivity contribution < 1.29 is 21.6 Å². The van der Waals surface area contributed by atoms with Crippen LogP contribution in [-0.2, 0) is 19.7 Å². The average Bonchev–Trinajstić information content (AvgIpc) is 3.06. The molecule has 0 spiro atoms. The van der Waals surface area contributed by atoms with Crippen LogP contribution in [0.1, 0.15) is 27.2 Å². The van der Waals surface area contributed by atoms with Crippen molar-refractivity contribution in [2.75, 3.05) is 11.5 Å². The molecule has 0 amide bonds. The number of fused-ring (bicyclic) bond motifs is 1. The van der Waals surface area contributed by atoms with Gasteiger partial charge in [0.25, 0.3) is 0 Å². The normalized spacial score (nSPS) is 13.5. The lowest BCUT2D eigenvalue weighted by atomic mass is 10.2. The lowest BCUT2D eigenvalue weighted by molar-refractivity contribution is 0.282. The van der Waals surface area contributed by atoms with Gasteiger partial charge in [0.1, 0.15) is 0 Å². The predicted molar refractivity (Wildman–Crippen MR) is 109 cm³/mol. The summed E-state index contributed by atoms with van der Waals surface area (Å²) in [5, 5.41) is 4.67.